The first-order valence-electron chi connectivity index (χ1n) is 8.43. The van der Waals surface area contributed by atoms with E-state index >= 15 is 0 Å². The molecule has 0 saturated carbocycles. The zero-order chi connectivity index (χ0) is 17.8. The number of hydrogen-bond donors (Lipinski definition) is 1. The predicted octanol–water partition coefficient (Wildman–Crippen LogP) is 5.10. The second-order valence-corrected chi connectivity index (χ2v) is 6.44. The summed E-state index contributed by atoms with van der Waals surface area (Å²) >= 11 is 6.12. The van der Waals surface area contributed by atoms with Gasteiger partial charge in [0.2, 0.25) is 0 Å². The van der Waals surface area contributed by atoms with Crippen molar-refractivity contribution < 1.29 is 14.6 Å². The molecule has 0 atom stereocenters. The number of phenolic OH excluding ortho intramolecular Hbond substituents is 1. The number of pyridine rings is 1. The molecule has 0 radical (unpaired) electrons. The molecule has 1 heterocycles. The summed E-state index contributed by atoms with van der Waals surface area (Å²) in [5.74, 6) is -0.159. The highest BCUT2D eigenvalue weighted by atomic mass is 35.5. The van der Waals surface area contributed by atoms with Crippen LogP contribution in [0.15, 0.2) is 36.7 Å². The van der Waals surface area contributed by atoms with Crippen LogP contribution in [0.1, 0.15) is 54.1 Å². The van der Waals surface area contributed by atoms with Crippen molar-refractivity contribution in [3.05, 3.63) is 58.4 Å². The van der Waals surface area contributed by atoms with Crippen LogP contribution in [0.4, 0.5) is 0 Å². The average molecular weight is 358 g/mol. The topological polar surface area (TPSA) is 59.4 Å². The molecule has 25 heavy (non-hydrogen) atoms. The van der Waals surface area contributed by atoms with Crippen LogP contribution < -0.4 is 0 Å². The molecule has 4 nitrogen and oxygen atoms in total. The van der Waals surface area contributed by atoms with Crippen LogP contribution >= 0.6 is 11.6 Å². The third kappa shape index (κ3) is 3.85. The van der Waals surface area contributed by atoms with Gasteiger partial charge in [0.25, 0.3) is 0 Å². The van der Waals surface area contributed by atoms with Crippen LogP contribution in [-0.4, -0.2) is 22.7 Å². The Morgan fingerprint density at radius 2 is 1.96 bits per heavy atom. The van der Waals surface area contributed by atoms with E-state index in [2.05, 4.69) is 4.98 Å². The van der Waals surface area contributed by atoms with Crippen LogP contribution in [0.5, 0.6) is 5.75 Å². The van der Waals surface area contributed by atoms with Gasteiger partial charge in [0.05, 0.1) is 12.2 Å². The maximum absolute atomic E-state index is 12.0. The molecular weight excluding hydrogens is 338 g/mol. The van der Waals surface area contributed by atoms with E-state index in [0.717, 1.165) is 48.0 Å². The molecule has 130 valence electrons. The quantitative estimate of drug-likeness (QED) is 0.773. The van der Waals surface area contributed by atoms with Crippen LogP contribution in [0.3, 0.4) is 0 Å². The van der Waals surface area contributed by atoms with Crippen LogP contribution in [-0.2, 0) is 4.74 Å². The van der Waals surface area contributed by atoms with E-state index in [-0.39, 0.29) is 11.7 Å². The first-order valence-corrected chi connectivity index (χ1v) is 8.81. The van der Waals surface area contributed by atoms with Gasteiger partial charge in [-0.2, -0.15) is 0 Å². The van der Waals surface area contributed by atoms with Gasteiger partial charge in [-0.05, 0) is 73.6 Å². The summed E-state index contributed by atoms with van der Waals surface area (Å²) in [6, 6.07) is 6.89. The minimum Gasteiger partial charge on any atom is -0.507 e. The van der Waals surface area contributed by atoms with Crippen LogP contribution in [0.2, 0.25) is 5.02 Å². The zero-order valence-electron chi connectivity index (χ0n) is 14.1. The fourth-order valence-electron chi connectivity index (χ4n) is 3.20. The largest absolute Gasteiger partial charge is 0.507 e. The molecule has 0 spiro atoms. The molecule has 5 heteroatoms. The van der Waals surface area contributed by atoms with E-state index in [0.29, 0.717) is 17.2 Å². The Morgan fingerprint density at radius 3 is 2.72 bits per heavy atom. The van der Waals surface area contributed by atoms with Gasteiger partial charge in [0.15, 0.2) is 0 Å². The first-order chi connectivity index (χ1) is 12.1. The van der Waals surface area contributed by atoms with E-state index in [1.54, 1.807) is 31.3 Å². The van der Waals surface area contributed by atoms with E-state index in [1.165, 1.54) is 6.20 Å². The summed E-state index contributed by atoms with van der Waals surface area (Å²) in [5.41, 5.74) is 4.24. The van der Waals surface area contributed by atoms with Gasteiger partial charge < -0.3 is 9.84 Å². The maximum Gasteiger partial charge on any atom is 0.339 e. The molecule has 0 amide bonds. The lowest BCUT2D eigenvalue weighted by Gasteiger charge is -2.22. The zero-order valence-corrected chi connectivity index (χ0v) is 14.8. The summed E-state index contributed by atoms with van der Waals surface area (Å²) in [4.78, 5) is 16.2. The van der Waals surface area contributed by atoms with E-state index in [1.807, 2.05) is 6.07 Å². The van der Waals surface area contributed by atoms with Gasteiger partial charge in [-0.25, -0.2) is 4.79 Å². The Balaban J connectivity index is 2.09. The van der Waals surface area contributed by atoms with Gasteiger partial charge in [-0.1, -0.05) is 11.6 Å². The van der Waals surface area contributed by atoms with Crippen molar-refractivity contribution in [3.63, 3.8) is 0 Å². The number of halogens is 1. The van der Waals surface area contributed by atoms with Gasteiger partial charge in [0, 0.05) is 23.0 Å². The van der Waals surface area contributed by atoms with Crippen molar-refractivity contribution in [3.8, 4) is 5.75 Å². The summed E-state index contributed by atoms with van der Waals surface area (Å²) in [7, 11) is 0. The molecule has 0 unspecified atom stereocenters. The Kier molecular flexibility index (Phi) is 5.39. The molecule has 0 bridgehead atoms. The molecular formula is C20H20ClNO3. The number of ether oxygens (including phenoxy) is 1. The third-order valence-electron chi connectivity index (χ3n) is 4.35. The van der Waals surface area contributed by atoms with E-state index < -0.39 is 0 Å². The van der Waals surface area contributed by atoms with Crippen molar-refractivity contribution in [1.82, 2.24) is 4.98 Å². The first kappa shape index (κ1) is 17.5. The monoisotopic (exact) mass is 357 g/mol. The Labute approximate surface area is 152 Å². The number of carbonyl (C=O) groups excluding carboxylic acids is 1. The van der Waals surface area contributed by atoms with Gasteiger partial charge in [-0.15, -0.1) is 0 Å². The molecule has 1 aromatic carbocycles. The Morgan fingerprint density at radius 1 is 1.20 bits per heavy atom. The van der Waals surface area contributed by atoms with Gasteiger partial charge in [0.1, 0.15) is 5.75 Å². The predicted molar refractivity (Wildman–Crippen MR) is 98.6 cm³/mol. The lowest BCUT2D eigenvalue weighted by Crippen LogP contribution is -2.07. The van der Waals surface area contributed by atoms with E-state index in [4.69, 9.17) is 16.3 Å². The number of phenols is 1. The molecule has 0 fully saturated rings. The number of benzene rings is 1. The van der Waals surface area contributed by atoms with Gasteiger partial charge in [-0.3, -0.25) is 4.98 Å². The fraction of sp³-hybridized carbons (Fsp3) is 0.300. The highest BCUT2D eigenvalue weighted by molar-refractivity contribution is 6.30. The molecule has 2 aromatic rings. The van der Waals surface area contributed by atoms with E-state index in [9.17, 15) is 9.90 Å². The van der Waals surface area contributed by atoms with Crippen molar-refractivity contribution in [2.75, 3.05) is 6.61 Å². The molecule has 1 aromatic heterocycles. The number of nitrogens with zero attached hydrogens (tertiary/aromatic N) is 1. The van der Waals surface area contributed by atoms with Crippen molar-refractivity contribution in [2.45, 2.75) is 32.6 Å². The smallest absolute Gasteiger partial charge is 0.339 e. The average Bonchev–Trinajstić information content (AvgIpc) is 2.64. The standard InChI is InChI=1S/C20H20ClNO3/c1-2-25-20(24)14-9-13(11-22-12-14)16-5-3-4-6-17(16)18-10-15(21)7-8-19(18)23/h7-12,23H,2-6H2,1H3. The Hall–Kier alpha value is -2.33. The number of aromatic hydroxyl groups is 1. The normalized spacial score (nSPS) is 14.5. The van der Waals surface area contributed by atoms with Crippen LogP contribution in [0.25, 0.3) is 11.1 Å². The number of rotatable bonds is 4. The molecule has 1 aliphatic carbocycles. The summed E-state index contributed by atoms with van der Waals surface area (Å²) < 4.78 is 5.06. The number of allylic oxidation sites excluding steroid dienone is 2. The minimum absolute atomic E-state index is 0.216. The molecule has 1 N–H and O–H groups in total. The second kappa shape index (κ2) is 7.70. The lowest BCUT2D eigenvalue weighted by molar-refractivity contribution is 0.0526. The fourth-order valence-corrected chi connectivity index (χ4v) is 3.37. The second-order valence-electron chi connectivity index (χ2n) is 6.01. The summed E-state index contributed by atoms with van der Waals surface area (Å²) in [6.07, 6.45) is 7.11. The molecule has 0 saturated heterocycles. The highest BCUT2D eigenvalue weighted by Gasteiger charge is 2.20. The van der Waals surface area contributed by atoms with Crippen LogP contribution in [0, 0.1) is 0 Å². The van der Waals surface area contributed by atoms with Crippen molar-refractivity contribution in [1.29, 1.82) is 0 Å². The number of aromatic nitrogens is 1. The minimum atomic E-state index is -0.375. The van der Waals surface area contributed by atoms with Crippen molar-refractivity contribution in [2.24, 2.45) is 0 Å². The third-order valence-corrected chi connectivity index (χ3v) is 4.58. The Bertz CT molecular complexity index is 829. The number of carbonyl (C=O) groups is 1. The molecule has 0 aliphatic heterocycles. The van der Waals surface area contributed by atoms with Gasteiger partial charge >= 0.3 is 5.97 Å². The number of hydrogen-bond acceptors (Lipinski definition) is 4. The number of esters is 1. The SMILES string of the molecule is CCOC(=O)c1cncc(C2=C(c3cc(Cl)ccc3O)CCCC2)c1. The summed E-state index contributed by atoms with van der Waals surface area (Å²) in [6.45, 7) is 2.10. The van der Waals surface area contributed by atoms with Crippen molar-refractivity contribution >= 4 is 28.7 Å². The molecule has 1 aliphatic rings. The molecule has 3 rings (SSSR count). The summed E-state index contributed by atoms with van der Waals surface area (Å²) in [5, 5.41) is 10.9. The lowest BCUT2D eigenvalue weighted by atomic mass is 9.84. The maximum atomic E-state index is 12.0. The highest BCUT2D eigenvalue weighted by Crippen LogP contribution is 2.41.